The lowest BCUT2D eigenvalue weighted by Crippen LogP contribution is -2.21. The predicted molar refractivity (Wildman–Crippen MR) is 44.9 cm³/mol. The van der Waals surface area contributed by atoms with Crippen LogP contribution in [0.2, 0.25) is 0 Å². The second kappa shape index (κ2) is 3.56. The highest BCUT2D eigenvalue weighted by atomic mass is 16.1. The van der Waals surface area contributed by atoms with E-state index in [0.717, 1.165) is 12.8 Å². The summed E-state index contributed by atoms with van der Waals surface area (Å²) in [4.78, 5) is 10.7. The predicted octanol–water partition coefficient (Wildman–Crippen LogP) is 1.61. The standard InChI is InChI=1S/C9H15NO/c1-7(9(10)11)8-5-3-2-4-6-8/h8H,1-6H2,(H2,10,11). The van der Waals surface area contributed by atoms with E-state index in [2.05, 4.69) is 6.58 Å². The molecule has 2 nitrogen and oxygen atoms in total. The van der Waals surface area contributed by atoms with Gasteiger partial charge in [0.2, 0.25) is 5.91 Å². The van der Waals surface area contributed by atoms with Crippen LogP contribution in [0.1, 0.15) is 32.1 Å². The molecule has 0 aliphatic heterocycles. The number of primary amides is 1. The molecule has 0 bridgehead atoms. The number of rotatable bonds is 2. The van der Waals surface area contributed by atoms with Crippen LogP contribution >= 0.6 is 0 Å². The molecule has 11 heavy (non-hydrogen) atoms. The van der Waals surface area contributed by atoms with Gasteiger partial charge < -0.3 is 5.73 Å². The maximum absolute atomic E-state index is 10.7. The summed E-state index contributed by atoms with van der Waals surface area (Å²) in [5.74, 6) is 0.0538. The third-order valence-electron chi connectivity index (χ3n) is 2.41. The fourth-order valence-electron chi connectivity index (χ4n) is 1.65. The second-order valence-corrected chi connectivity index (χ2v) is 3.22. The summed E-state index contributed by atoms with van der Waals surface area (Å²) < 4.78 is 0. The Hall–Kier alpha value is -0.790. The number of carbonyl (C=O) groups excluding carboxylic acids is 1. The third-order valence-corrected chi connectivity index (χ3v) is 2.41. The lowest BCUT2D eigenvalue weighted by Gasteiger charge is -2.21. The van der Waals surface area contributed by atoms with E-state index in [1.165, 1.54) is 19.3 Å². The van der Waals surface area contributed by atoms with Crippen LogP contribution in [-0.2, 0) is 4.79 Å². The average Bonchev–Trinajstić information content (AvgIpc) is 2.05. The smallest absolute Gasteiger partial charge is 0.244 e. The van der Waals surface area contributed by atoms with Gasteiger partial charge >= 0.3 is 0 Å². The molecule has 2 heteroatoms. The van der Waals surface area contributed by atoms with Crippen molar-refractivity contribution in [1.29, 1.82) is 0 Å². The maximum Gasteiger partial charge on any atom is 0.244 e. The quantitative estimate of drug-likeness (QED) is 0.602. The lowest BCUT2D eigenvalue weighted by atomic mass is 9.84. The van der Waals surface area contributed by atoms with Crippen molar-refractivity contribution >= 4 is 5.91 Å². The molecule has 1 aliphatic rings. The first-order chi connectivity index (χ1) is 5.22. The van der Waals surface area contributed by atoms with Gasteiger partial charge in [-0.05, 0) is 18.8 Å². The molecule has 1 rings (SSSR count). The molecule has 1 saturated carbocycles. The van der Waals surface area contributed by atoms with Gasteiger partial charge in [-0.1, -0.05) is 25.8 Å². The Balaban J connectivity index is 2.45. The van der Waals surface area contributed by atoms with Crippen LogP contribution in [0.5, 0.6) is 0 Å². The van der Waals surface area contributed by atoms with E-state index < -0.39 is 0 Å². The zero-order chi connectivity index (χ0) is 8.27. The number of hydrogen-bond donors (Lipinski definition) is 1. The summed E-state index contributed by atoms with van der Waals surface area (Å²) in [6.45, 7) is 3.70. The van der Waals surface area contributed by atoms with Crippen LogP contribution in [0.4, 0.5) is 0 Å². The topological polar surface area (TPSA) is 43.1 Å². The van der Waals surface area contributed by atoms with Crippen molar-refractivity contribution in [3.05, 3.63) is 12.2 Å². The van der Waals surface area contributed by atoms with Gasteiger partial charge in [0.25, 0.3) is 0 Å². The number of nitrogens with two attached hydrogens (primary N) is 1. The Morgan fingerprint density at radius 2 is 1.82 bits per heavy atom. The fraction of sp³-hybridized carbons (Fsp3) is 0.667. The van der Waals surface area contributed by atoms with Gasteiger partial charge in [0, 0.05) is 5.57 Å². The number of carbonyl (C=O) groups is 1. The van der Waals surface area contributed by atoms with Gasteiger partial charge in [-0.2, -0.15) is 0 Å². The SMILES string of the molecule is C=C(C(N)=O)C1CCCCC1. The summed E-state index contributed by atoms with van der Waals surface area (Å²) in [7, 11) is 0. The Morgan fingerprint density at radius 1 is 1.27 bits per heavy atom. The van der Waals surface area contributed by atoms with E-state index >= 15 is 0 Å². The van der Waals surface area contributed by atoms with Crippen molar-refractivity contribution in [2.45, 2.75) is 32.1 Å². The van der Waals surface area contributed by atoms with Crippen molar-refractivity contribution in [2.24, 2.45) is 11.7 Å². The molecule has 0 aromatic heterocycles. The van der Waals surface area contributed by atoms with Gasteiger partial charge in [-0.3, -0.25) is 4.79 Å². The highest BCUT2D eigenvalue weighted by Gasteiger charge is 2.18. The molecule has 1 aliphatic carbocycles. The Kier molecular flexibility index (Phi) is 2.69. The molecule has 0 saturated heterocycles. The summed E-state index contributed by atoms with van der Waals surface area (Å²) in [5, 5.41) is 0. The lowest BCUT2D eigenvalue weighted by molar-refractivity contribution is -0.115. The largest absolute Gasteiger partial charge is 0.366 e. The first-order valence-corrected chi connectivity index (χ1v) is 4.20. The molecule has 0 aromatic rings. The molecular formula is C9H15NO. The van der Waals surface area contributed by atoms with Gasteiger partial charge in [-0.25, -0.2) is 0 Å². The van der Waals surface area contributed by atoms with Gasteiger partial charge in [-0.15, -0.1) is 0 Å². The van der Waals surface area contributed by atoms with Crippen molar-refractivity contribution in [1.82, 2.24) is 0 Å². The van der Waals surface area contributed by atoms with E-state index in [1.807, 2.05) is 0 Å². The molecule has 1 fully saturated rings. The Morgan fingerprint density at radius 3 is 2.27 bits per heavy atom. The fourth-order valence-corrected chi connectivity index (χ4v) is 1.65. The van der Waals surface area contributed by atoms with Crippen LogP contribution in [0.15, 0.2) is 12.2 Å². The molecule has 0 spiro atoms. The van der Waals surface area contributed by atoms with Crippen molar-refractivity contribution in [3.8, 4) is 0 Å². The molecule has 0 heterocycles. The van der Waals surface area contributed by atoms with Crippen LogP contribution in [0, 0.1) is 5.92 Å². The summed E-state index contributed by atoms with van der Waals surface area (Å²) in [6.07, 6.45) is 5.93. The van der Waals surface area contributed by atoms with E-state index in [-0.39, 0.29) is 5.91 Å². The molecule has 62 valence electrons. The summed E-state index contributed by atoms with van der Waals surface area (Å²) >= 11 is 0. The third kappa shape index (κ3) is 2.07. The molecule has 0 unspecified atom stereocenters. The Labute approximate surface area is 67.5 Å². The van der Waals surface area contributed by atoms with Crippen LogP contribution in [-0.4, -0.2) is 5.91 Å². The first-order valence-electron chi connectivity index (χ1n) is 4.20. The number of amides is 1. The van der Waals surface area contributed by atoms with Crippen molar-refractivity contribution in [2.75, 3.05) is 0 Å². The van der Waals surface area contributed by atoms with Gasteiger partial charge in [0.1, 0.15) is 0 Å². The molecule has 0 aromatic carbocycles. The molecule has 2 N–H and O–H groups in total. The highest BCUT2D eigenvalue weighted by molar-refractivity contribution is 5.91. The molecule has 0 atom stereocenters. The highest BCUT2D eigenvalue weighted by Crippen LogP contribution is 2.28. The second-order valence-electron chi connectivity index (χ2n) is 3.22. The Bertz CT molecular complexity index is 168. The molecule has 1 amide bonds. The minimum Gasteiger partial charge on any atom is -0.366 e. The monoisotopic (exact) mass is 153 g/mol. The van der Waals surface area contributed by atoms with E-state index in [4.69, 9.17) is 5.73 Å². The van der Waals surface area contributed by atoms with E-state index in [1.54, 1.807) is 0 Å². The van der Waals surface area contributed by atoms with Gasteiger partial charge in [0.05, 0.1) is 0 Å². The molecular weight excluding hydrogens is 138 g/mol. The normalized spacial score (nSPS) is 19.6. The average molecular weight is 153 g/mol. The minimum absolute atomic E-state index is 0.322. The first kappa shape index (κ1) is 8.31. The van der Waals surface area contributed by atoms with Crippen molar-refractivity contribution < 1.29 is 4.79 Å². The number of hydrogen-bond acceptors (Lipinski definition) is 1. The zero-order valence-electron chi connectivity index (χ0n) is 6.81. The molecule has 0 radical (unpaired) electrons. The summed E-state index contributed by atoms with van der Waals surface area (Å²) in [5.41, 5.74) is 5.76. The van der Waals surface area contributed by atoms with E-state index in [9.17, 15) is 4.79 Å². The maximum atomic E-state index is 10.7. The van der Waals surface area contributed by atoms with Crippen LogP contribution in [0.25, 0.3) is 0 Å². The zero-order valence-corrected chi connectivity index (χ0v) is 6.81. The summed E-state index contributed by atoms with van der Waals surface area (Å²) in [6, 6.07) is 0. The van der Waals surface area contributed by atoms with E-state index in [0.29, 0.717) is 11.5 Å². The van der Waals surface area contributed by atoms with Crippen molar-refractivity contribution in [3.63, 3.8) is 0 Å². The van der Waals surface area contributed by atoms with Gasteiger partial charge in [0.15, 0.2) is 0 Å². The van der Waals surface area contributed by atoms with Crippen LogP contribution in [0.3, 0.4) is 0 Å². The minimum atomic E-state index is -0.322. The van der Waals surface area contributed by atoms with Crippen LogP contribution < -0.4 is 5.73 Å².